The quantitative estimate of drug-likeness (QED) is 0.596. The molecular formula is C24H25FN4O3. The maximum absolute atomic E-state index is 13.1. The first-order valence-electron chi connectivity index (χ1n) is 10.5. The van der Waals surface area contributed by atoms with Gasteiger partial charge in [0.15, 0.2) is 0 Å². The Kier molecular flexibility index (Phi) is 6.49. The highest BCUT2D eigenvalue weighted by molar-refractivity contribution is 5.92. The Hall–Kier alpha value is -3.68. The molecule has 1 unspecified atom stereocenters. The van der Waals surface area contributed by atoms with Crippen LogP contribution in [0.1, 0.15) is 39.6 Å². The van der Waals surface area contributed by atoms with E-state index in [0.717, 1.165) is 23.2 Å². The summed E-state index contributed by atoms with van der Waals surface area (Å²) in [5, 5.41) is 9.96. The number of halogens is 1. The Morgan fingerprint density at radius 1 is 1.22 bits per heavy atom. The van der Waals surface area contributed by atoms with Crippen molar-refractivity contribution in [3.8, 4) is 5.75 Å². The summed E-state index contributed by atoms with van der Waals surface area (Å²) in [5.41, 5.74) is 2.82. The smallest absolute Gasteiger partial charge is 0.272 e. The number of amides is 2. The molecule has 1 aromatic heterocycles. The molecule has 1 saturated heterocycles. The van der Waals surface area contributed by atoms with Crippen LogP contribution in [0.3, 0.4) is 0 Å². The molecule has 32 heavy (non-hydrogen) atoms. The number of rotatable bonds is 7. The van der Waals surface area contributed by atoms with Gasteiger partial charge in [-0.25, -0.2) is 4.39 Å². The molecule has 2 aromatic carbocycles. The topological polar surface area (TPSA) is 87.3 Å². The standard InChI is InChI=1S/C24H25FN4O3/c1-32-22-5-3-2-4-17(22)14-26-24(31)21-13-20(27-28-21)18-10-11-29(15-18)23(30)12-16-6-8-19(25)9-7-16/h2-9,13,18H,10-12,14-15H2,1H3,(H,26,31)(H,27,28). The predicted molar refractivity (Wildman–Crippen MR) is 117 cm³/mol. The van der Waals surface area contributed by atoms with Gasteiger partial charge in [0.2, 0.25) is 5.91 Å². The summed E-state index contributed by atoms with van der Waals surface area (Å²) in [5.74, 6) is 0.223. The summed E-state index contributed by atoms with van der Waals surface area (Å²) in [6.07, 6.45) is 1.03. The number of carbonyl (C=O) groups excluding carboxylic acids is 2. The van der Waals surface area contributed by atoms with E-state index in [0.29, 0.717) is 31.1 Å². The van der Waals surface area contributed by atoms with Gasteiger partial charge >= 0.3 is 0 Å². The third kappa shape index (κ3) is 4.96. The molecule has 3 aromatic rings. The zero-order valence-corrected chi connectivity index (χ0v) is 17.8. The van der Waals surface area contributed by atoms with Crippen LogP contribution in [0.4, 0.5) is 4.39 Å². The molecular weight excluding hydrogens is 411 g/mol. The lowest BCUT2D eigenvalue weighted by Crippen LogP contribution is -2.29. The van der Waals surface area contributed by atoms with Gasteiger partial charge in [-0.05, 0) is 36.2 Å². The number of aromatic nitrogens is 2. The van der Waals surface area contributed by atoms with Crippen molar-refractivity contribution >= 4 is 11.8 Å². The summed E-state index contributed by atoms with van der Waals surface area (Å²) in [6.45, 7) is 1.53. The van der Waals surface area contributed by atoms with Crippen molar-refractivity contribution in [2.24, 2.45) is 0 Å². The van der Waals surface area contributed by atoms with E-state index >= 15 is 0 Å². The van der Waals surface area contributed by atoms with E-state index < -0.39 is 0 Å². The van der Waals surface area contributed by atoms with Gasteiger partial charge in [0, 0.05) is 36.8 Å². The van der Waals surface area contributed by atoms with Crippen LogP contribution in [-0.2, 0) is 17.8 Å². The first-order valence-corrected chi connectivity index (χ1v) is 10.5. The first-order chi connectivity index (χ1) is 15.5. The van der Waals surface area contributed by atoms with Crippen molar-refractivity contribution in [1.82, 2.24) is 20.4 Å². The zero-order valence-electron chi connectivity index (χ0n) is 17.8. The van der Waals surface area contributed by atoms with Gasteiger partial charge in [-0.15, -0.1) is 0 Å². The Morgan fingerprint density at radius 2 is 2.00 bits per heavy atom. The highest BCUT2D eigenvalue weighted by Gasteiger charge is 2.29. The lowest BCUT2D eigenvalue weighted by molar-refractivity contribution is -0.129. The summed E-state index contributed by atoms with van der Waals surface area (Å²) in [6, 6.07) is 15.2. The maximum atomic E-state index is 13.1. The molecule has 166 valence electrons. The fourth-order valence-corrected chi connectivity index (χ4v) is 3.91. The number of para-hydroxylation sites is 1. The van der Waals surface area contributed by atoms with Crippen LogP contribution in [0.15, 0.2) is 54.6 Å². The fraction of sp³-hybridized carbons (Fsp3) is 0.292. The molecule has 7 nitrogen and oxygen atoms in total. The molecule has 0 radical (unpaired) electrons. The number of methoxy groups -OCH3 is 1. The number of likely N-dealkylation sites (tertiary alicyclic amines) is 1. The predicted octanol–water partition coefficient (Wildman–Crippen LogP) is 3.05. The Balaban J connectivity index is 1.32. The Bertz CT molecular complexity index is 1100. The van der Waals surface area contributed by atoms with Crippen molar-refractivity contribution in [2.45, 2.75) is 25.3 Å². The molecule has 0 saturated carbocycles. The average Bonchev–Trinajstić information content (AvgIpc) is 3.49. The Morgan fingerprint density at radius 3 is 2.78 bits per heavy atom. The minimum absolute atomic E-state index is 0.00778. The van der Waals surface area contributed by atoms with Gasteiger partial charge in [-0.1, -0.05) is 30.3 Å². The number of nitrogens with one attached hydrogen (secondary N) is 2. The second kappa shape index (κ2) is 9.64. The number of hydrogen-bond acceptors (Lipinski definition) is 4. The van der Waals surface area contributed by atoms with Crippen molar-refractivity contribution in [1.29, 1.82) is 0 Å². The molecule has 1 aliphatic rings. The highest BCUT2D eigenvalue weighted by Crippen LogP contribution is 2.27. The van der Waals surface area contributed by atoms with Crippen LogP contribution >= 0.6 is 0 Å². The van der Waals surface area contributed by atoms with Crippen LogP contribution in [0, 0.1) is 5.82 Å². The first kappa shape index (κ1) is 21.5. The molecule has 2 amide bonds. The second-order valence-electron chi connectivity index (χ2n) is 7.83. The van der Waals surface area contributed by atoms with E-state index in [1.165, 1.54) is 12.1 Å². The summed E-state index contributed by atoms with van der Waals surface area (Å²) in [4.78, 5) is 26.9. The van der Waals surface area contributed by atoms with Gasteiger partial charge in [0.25, 0.3) is 5.91 Å². The van der Waals surface area contributed by atoms with Gasteiger partial charge in [-0.2, -0.15) is 5.10 Å². The van der Waals surface area contributed by atoms with Crippen molar-refractivity contribution in [2.75, 3.05) is 20.2 Å². The second-order valence-corrected chi connectivity index (χ2v) is 7.83. The number of nitrogens with zero attached hydrogens (tertiary/aromatic N) is 2. The third-order valence-electron chi connectivity index (χ3n) is 5.71. The molecule has 0 bridgehead atoms. The number of ether oxygens (including phenoxy) is 1. The fourth-order valence-electron chi connectivity index (χ4n) is 3.91. The SMILES string of the molecule is COc1ccccc1CNC(=O)c1cc(C2CCN(C(=O)Cc3ccc(F)cc3)C2)[nH]n1. The number of hydrogen-bond donors (Lipinski definition) is 2. The molecule has 1 fully saturated rings. The molecule has 8 heteroatoms. The minimum Gasteiger partial charge on any atom is -0.496 e. The van der Waals surface area contributed by atoms with E-state index in [2.05, 4.69) is 15.5 Å². The highest BCUT2D eigenvalue weighted by atomic mass is 19.1. The van der Waals surface area contributed by atoms with E-state index in [9.17, 15) is 14.0 Å². The monoisotopic (exact) mass is 436 g/mol. The van der Waals surface area contributed by atoms with E-state index in [1.807, 2.05) is 24.3 Å². The summed E-state index contributed by atoms with van der Waals surface area (Å²) >= 11 is 0. The van der Waals surface area contributed by atoms with Crippen molar-refractivity contribution < 1.29 is 18.7 Å². The number of carbonyl (C=O) groups is 2. The summed E-state index contributed by atoms with van der Waals surface area (Å²) < 4.78 is 18.4. The summed E-state index contributed by atoms with van der Waals surface area (Å²) in [7, 11) is 1.59. The zero-order chi connectivity index (χ0) is 22.5. The lowest BCUT2D eigenvalue weighted by atomic mass is 10.0. The van der Waals surface area contributed by atoms with Gasteiger partial charge in [-0.3, -0.25) is 14.7 Å². The molecule has 2 heterocycles. The van der Waals surface area contributed by atoms with Crippen molar-refractivity contribution in [3.63, 3.8) is 0 Å². The lowest BCUT2D eigenvalue weighted by Gasteiger charge is -2.16. The molecule has 0 spiro atoms. The normalized spacial score (nSPS) is 15.6. The van der Waals surface area contributed by atoms with Crippen LogP contribution in [-0.4, -0.2) is 47.1 Å². The molecule has 4 rings (SSSR count). The average molecular weight is 436 g/mol. The van der Waals surface area contributed by atoms with Crippen LogP contribution in [0.25, 0.3) is 0 Å². The molecule has 2 N–H and O–H groups in total. The van der Waals surface area contributed by atoms with Crippen LogP contribution < -0.4 is 10.1 Å². The minimum atomic E-state index is -0.315. The van der Waals surface area contributed by atoms with Crippen molar-refractivity contribution in [3.05, 3.63) is 82.9 Å². The number of H-pyrrole nitrogens is 1. The molecule has 1 aliphatic heterocycles. The van der Waals surface area contributed by atoms with E-state index in [4.69, 9.17) is 4.74 Å². The Labute approximate surface area is 185 Å². The largest absolute Gasteiger partial charge is 0.496 e. The van der Waals surface area contributed by atoms with Crippen LogP contribution in [0.2, 0.25) is 0 Å². The van der Waals surface area contributed by atoms with E-state index in [1.54, 1.807) is 30.2 Å². The van der Waals surface area contributed by atoms with Crippen LogP contribution in [0.5, 0.6) is 5.75 Å². The van der Waals surface area contributed by atoms with E-state index in [-0.39, 0.29) is 30.0 Å². The van der Waals surface area contributed by atoms with Gasteiger partial charge in [0.1, 0.15) is 17.3 Å². The number of aromatic amines is 1. The molecule has 1 atom stereocenters. The van der Waals surface area contributed by atoms with Gasteiger partial charge in [0.05, 0.1) is 13.5 Å². The van der Waals surface area contributed by atoms with Gasteiger partial charge < -0.3 is 15.0 Å². The number of benzene rings is 2. The molecule has 0 aliphatic carbocycles. The third-order valence-corrected chi connectivity index (χ3v) is 5.71. The maximum Gasteiger partial charge on any atom is 0.272 e.